The summed E-state index contributed by atoms with van der Waals surface area (Å²) in [5, 5.41) is 12.0. The van der Waals surface area contributed by atoms with Gasteiger partial charge in [0.2, 0.25) is 0 Å². The molecule has 1 N–H and O–H groups in total. The lowest BCUT2D eigenvalue weighted by Crippen LogP contribution is -2.47. The number of likely N-dealkylation sites (tertiary alicyclic amines) is 1. The van der Waals surface area contributed by atoms with Crippen molar-refractivity contribution >= 4 is 5.96 Å². The molecule has 3 heterocycles. The van der Waals surface area contributed by atoms with Crippen molar-refractivity contribution < 1.29 is 0 Å². The van der Waals surface area contributed by atoms with Crippen LogP contribution in [0.15, 0.2) is 4.99 Å². The maximum atomic E-state index is 4.48. The van der Waals surface area contributed by atoms with Gasteiger partial charge in [-0.25, -0.2) is 0 Å². The molecule has 122 valence electrons. The highest BCUT2D eigenvalue weighted by Crippen LogP contribution is 2.20. The Morgan fingerprint density at radius 3 is 2.95 bits per heavy atom. The Kier molecular flexibility index (Phi) is 4.64. The number of aliphatic imine (C=N–C) groups is 1. The normalized spacial score (nSPS) is 26.0. The van der Waals surface area contributed by atoms with Gasteiger partial charge in [0.25, 0.3) is 0 Å². The van der Waals surface area contributed by atoms with Crippen molar-refractivity contribution in [3.63, 3.8) is 0 Å². The van der Waals surface area contributed by atoms with Gasteiger partial charge in [-0.05, 0) is 38.0 Å². The number of nitrogens with one attached hydrogen (secondary N) is 1. The van der Waals surface area contributed by atoms with Crippen LogP contribution < -0.4 is 5.32 Å². The van der Waals surface area contributed by atoms with Crippen LogP contribution in [0, 0.1) is 18.8 Å². The molecule has 3 rings (SSSR count). The summed E-state index contributed by atoms with van der Waals surface area (Å²) in [6.07, 6.45) is 4.82. The number of guanidine groups is 1. The Bertz CT molecular complexity index is 535. The molecule has 0 aliphatic carbocycles. The molecule has 0 radical (unpaired) electrons. The highest BCUT2D eigenvalue weighted by molar-refractivity contribution is 5.79. The number of piperidine rings is 1. The predicted molar refractivity (Wildman–Crippen MR) is 87.9 cm³/mol. The molecule has 0 amide bonds. The number of aromatic nitrogens is 3. The Hall–Kier alpha value is -1.59. The third-order valence-electron chi connectivity index (χ3n) is 4.95. The minimum Gasteiger partial charge on any atom is -0.356 e. The molecular weight excluding hydrogens is 276 g/mol. The molecule has 6 nitrogen and oxygen atoms in total. The van der Waals surface area contributed by atoms with Gasteiger partial charge in [-0.15, -0.1) is 10.2 Å². The second-order valence-corrected chi connectivity index (χ2v) is 6.80. The van der Waals surface area contributed by atoms with Gasteiger partial charge in [0.1, 0.15) is 11.6 Å². The van der Waals surface area contributed by atoms with E-state index in [-0.39, 0.29) is 0 Å². The number of hydrogen-bond donors (Lipinski definition) is 1. The highest BCUT2D eigenvalue weighted by atomic mass is 15.3. The van der Waals surface area contributed by atoms with Gasteiger partial charge in [0.05, 0.1) is 0 Å². The first-order valence-corrected chi connectivity index (χ1v) is 8.51. The lowest BCUT2D eigenvalue weighted by Gasteiger charge is -2.34. The van der Waals surface area contributed by atoms with Crippen LogP contribution in [0.3, 0.4) is 0 Å². The summed E-state index contributed by atoms with van der Waals surface area (Å²) in [6, 6.07) is 0. The molecular formula is C16H28N6. The molecule has 0 aromatic carbocycles. The second kappa shape index (κ2) is 6.67. The van der Waals surface area contributed by atoms with Crippen molar-refractivity contribution in [1.29, 1.82) is 0 Å². The summed E-state index contributed by atoms with van der Waals surface area (Å²) < 4.78 is 2.27. The Labute approximate surface area is 133 Å². The second-order valence-electron chi connectivity index (χ2n) is 6.80. The molecule has 1 saturated heterocycles. The monoisotopic (exact) mass is 304 g/mol. The topological polar surface area (TPSA) is 58.3 Å². The van der Waals surface area contributed by atoms with Crippen molar-refractivity contribution in [3.8, 4) is 0 Å². The quantitative estimate of drug-likeness (QED) is 0.664. The molecule has 2 unspecified atom stereocenters. The fourth-order valence-electron chi connectivity index (χ4n) is 3.65. The smallest absolute Gasteiger partial charge is 0.193 e. The van der Waals surface area contributed by atoms with Crippen LogP contribution >= 0.6 is 0 Å². The first-order valence-electron chi connectivity index (χ1n) is 8.51. The molecule has 2 aliphatic heterocycles. The number of fused-ring (bicyclic) bond motifs is 1. The van der Waals surface area contributed by atoms with E-state index in [9.17, 15) is 0 Å². The molecule has 1 aromatic heterocycles. The Balaban J connectivity index is 1.54. The summed E-state index contributed by atoms with van der Waals surface area (Å²) in [4.78, 5) is 6.89. The Morgan fingerprint density at radius 1 is 1.32 bits per heavy atom. The average molecular weight is 304 g/mol. The first kappa shape index (κ1) is 15.3. The average Bonchev–Trinajstić information content (AvgIpc) is 2.89. The van der Waals surface area contributed by atoms with Crippen molar-refractivity contribution in [2.45, 2.75) is 46.1 Å². The zero-order valence-corrected chi connectivity index (χ0v) is 14.0. The third kappa shape index (κ3) is 3.25. The van der Waals surface area contributed by atoms with E-state index in [1.54, 1.807) is 0 Å². The van der Waals surface area contributed by atoms with Crippen molar-refractivity contribution in [2.24, 2.45) is 16.8 Å². The van der Waals surface area contributed by atoms with E-state index in [2.05, 4.69) is 36.9 Å². The van der Waals surface area contributed by atoms with E-state index in [1.807, 2.05) is 14.0 Å². The summed E-state index contributed by atoms with van der Waals surface area (Å²) in [5.74, 6) is 4.64. The fourth-order valence-corrected chi connectivity index (χ4v) is 3.65. The molecule has 22 heavy (non-hydrogen) atoms. The van der Waals surface area contributed by atoms with Gasteiger partial charge in [0.15, 0.2) is 5.96 Å². The number of nitrogens with zero attached hydrogens (tertiary/aromatic N) is 5. The van der Waals surface area contributed by atoms with Gasteiger partial charge in [-0.2, -0.15) is 0 Å². The van der Waals surface area contributed by atoms with Gasteiger partial charge in [-0.1, -0.05) is 6.92 Å². The number of hydrogen-bond acceptors (Lipinski definition) is 3. The largest absolute Gasteiger partial charge is 0.356 e. The zero-order valence-electron chi connectivity index (χ0n) is 14.0. The van der Waals surface area contributed by atoms with E-state index in [1.165, 1.54) is 19.3 Å². The SMILES string of the molecule is CN=C(NCC1CCc2nnc(C)n2C1)N1CCCC(C)C1. The standard InChI is InChI=1S/C16H28N6/c1-12-5-4-8-21(10-12)16(17-3)18-9-14-6-7-15-20-19-13(2)22(15)11-14/h12,14H,4-11H2,1-3H3,(H,17,18). The predicted octanol–water partition coefficient (Wildman–Crippen LogP) is 1.46. The van der Waals surface area contributed by atoms with Crippen molar-refractivity contribution in [3.05, 3.63) is 11.6 Å². The van der Waals surface area contributed by atoms with E-state index >= 15 is 0 Å². The van der Waals surface area contributed by atoms with Crippen LogP contribution in [0.2, 0.25) is 0 Å². The molecule has 2 aliphatic rings. The van der Waals surface area contributed by atoms with E-state index in [4.69, 9.17) is 0 Å². The van der Waals surface area contributed by atoms with E-state index in [0.717, 1.165) is 56.1 Å². The summed E-state index contributed by atoms with van der Waals surface area (Å²) in [5.41, 5.74) is 0. The highest BCUT2D eigenvalue weighted by Gasteiger charge is 2.23. The van der Waals surface area contributed by atoms with Crippen LogP contribution in [0.25, 0.3) is 0 Å². The number of rotatable bonds is 2. The summed E-state index contributed by atoms with van der Waals surface area (Å²) in [7, 11) is 1.89. The minimum absolute atomic E-state index is 0.626. The van der Waals surface area contributed by atoms with Crippen molar-refractivity contribution in [2.75, 3.05) is 26.7 Å². The van der Waals surface area contributed by atoms with Crippen LogP contribution in [-0.2, 0) is 13.0 Å². The van der Waals surface area contributed by atoms with Crippen LogP contribution in [0.4, 0.5) is 0 Å². The van der Waals surface area contributed by atoms with Crippen molar-refractivity contribution in [1.82, 2.24) is 25.0 Å². The van der Waals surface area contributed by atoms with Gasteiger partial charge < -0.3 is 14.8 Å². The zero-order chi connectivity index (χ0) is 15.5. The van der Waals surface area contributed by atoms with Crippen LogP contribution in [0.1, 0.15) is 37.8 Å². The van der Waals surface area contributed by atoms with Crippen LogP contribution in [-0.4, -0.2) is 52.3 Å². The Morgan fingerprint density at radius 2 is 2.18 bits per heavy atom. The molecule has 2 atom stereocenters. The van der Waals surface area contributed by atoms with E-state index in [0.29, 0.717) is 5.92 Å². The van der Waals surface area contributed by atoms with Gasteiger partial charge >= 0.3 is 0 Å². The minimum atomic E-state index is 0.626. The summed E-state index contributed by atoms with van der Waals surface area (Å²) in [6.45, 7) is 8.63. The molecule has 1 fully saturated rings. The van der Waals surface area contributed by atoms with Crippen LogP contribution in [0.5, 0.6) is 0 Å². The number of aryl methyl sites for hydroxylation is 2. The fraction of sp³-hybridized carbons (Fsp3) is 0.812. The summed E-state index contributed by atoms with van der Waals surface area (Å²) >= 11 is 0. The lowest BCUT2D eigenvalue weighted by molar-refractivity contribution is 0.262. The molecule has 6 heteroatoms. The third-order valence-corrected chi connectivity index (χ3v) is 4.95. The molecule has 0 spiro atoms. The molecule has 0 saturated carbocycles. The van der Waals surface area contributed by atoms with Gasteiger partial charge in [-0.3, -0.25) is 4.99 Å². The first-order chi connectivity index (χ1) is 10.7. The van der Waals surface area contributed by atoms with Gasteiger partial charge in [0, 0.05) is 39.6 Å². The maximum absolute atomic E-state index is 4.48. The molecule has 0 bridgehead atoms. The maximum Gasteiger partial charge on any atom is 0.193 e. The molecule has 1 aromatic rings. The van der Waals surface area contributed by atoms with E-state index < -0.39 is 0 Å². The lowest BCUT2D eigenvalue weighted by atomic mass is 9.99.